The van der Waals surface area contributed by atoms with Crippen LogP contribution in [-0.2, 0) is 6.54 Å². The lowest BCUT2D eigenvalue weighted by Crippen LogP contribution is -2.47. The maximum absolute atomic E-state index is 9.40. The van der Waals surface area contributed by atoms with Gasteiger partial charge in [0, 0.05) is 42.8 Å². The Kier molecular flexibility index (Phi) is 4.32. The first-order valence-electron chi connectivity index (χ1n) is 8.70. The van der Waals surface area contributed by atoms with Crippen LogP contribution in [0.5, 0.6) is 0 Å². The van der Waals surface area contributed by atoms with Crippen molar-refractivity contribution in [3.05, 3.63) is 72.1 Å². The number of benzene rings is 2. The van der Waals surface area contributed by atoms with Gasteiger partial charge in [-0.15, -0.1) is 0 Å². The molecule has 1 saturated heterocycles. The molecule has 4 rings (SSSR count). The van der Waals surface area contributed by atoms with Crippen molar-refractivity contribution in [1.82, 2.24) is 9.99 Å². The molecule has 1 aliphatic rings. The summed E-state index contributed by atoms with van der Waals surface area (Å²) in [4.78, 5) is 4.24. The Hall–Kier alpha value is -2.90. The summed E-state index contributed by atoms with van der Waals surface area (Å²) in [5, 5.41) is 16.3. The quantitative estimate of drug-likeness (QED) is 0.725. The molecular formula is C21H20N4. The lowest BCUT2D eigenvalue weighted by molar-refractivity contribution is 0.205. The van der Waals surface area contributed by atoms with Gasteiger partial charge >= 0.3 is 0 Å². The third kappa shape index (κ3) is 3.07. The molecule has 2 heterocycles. The van der Waals surface area contributed by atoms with Crippen molar-refractivity contribution in [2.24, 2.45) is 0 Å². The van der Waals surface area contributed by atoms with Gasteiger partial charge in [-0.1, -0.05) is 30.3 Å². The van der Waals surface area contributed by atoms with Crippen molar-refractivity contribution in [3.8, 4) is 6.07 Å². The molecule has 4 heteroatoms. The van der Waals surface area contributed by atoms with E-state index in [9.17, 15) is 5.26 Å². The minimum Gasteiger partial charge on any atom is -0.305 e. The summed E-state index contributed by atoms with van der Waals surface area (Å²) < 4.78 is 0. The molecule has 3 aromatic rings. The van der Waals surface area contributed by atoms with E-state index in [-0.39, 0.29) is 0 Å². The Balaban J connectivity index is 1.74. The number of hydrogen-bond acceptors (Lipinski definition) is 4. The second kappa shape index (κ2) is 6.92. The van der Waals surface area contributed by atoms with Gasteiger partial charge in [0.15, 0.2) is 0 Å². The summed E-state index contributed by atoms with van der Waals surface area (Å²) in [6.07, 6.45) is 6.12. The number of rotatable bonds is 3. The van der Waals surface area contributed by atoms with Gasteiger partial charge in [-0.05, 0) is 36.6 Å². The molecule has 25 heavy (non-hydrogen) atoms. The van der Waals surface area contributed by atoms with E-state index in [1.54, 1.807) is 0 Å². The zero-order valence-electron chi connectivity index (χ0n) is 14.1. The van der Waals surface area contributed by atoms with Crippen LogP contribution in [0.15, 0.2) is 60.9 Å². The molecule has 1 aromatic heterocycles. The van der Waals surface area contributed by atoms with Gasteiger partial charge in [-0.25, -0.2) is 5.01 Å². The first-order chi connectivity index (χ1) is 12.4. The summed E-state index contributed by atoms with van der Waals surface area (Å²) in [7, 11) is 0. The van der Waals surface area contributed by atoms with Crippen molar-refractivity contribution in [2.75, 3.05) is 18.1 Å². The van der Waals surface area contributed by atoms with E-state index in [0.29, 0.717) is 0 Å². The molecule has 0 atom stereocenters. The zero-order valence-corrected chi connectivity index (χ0v) is 14.1. The fourth-order valence-electron chi connectivity index (χ4n) is 3.56. The van der Waals surface area contributed by atoms with Gasteiger partial charge < -0.3 is 5.01 Å². The SMILES string of the molecule is N#Cc1ccc(N2CCCCN2Cc2cccnc2)c2ccccc12. The van der Waals surface area contributed by atoms with Crippen molar-refractivity contribution in [1.29, 1.82) is 5.26 Å². The number of fused-ring (bicyclic) bond motifs is 1. The predicted octanol–water partition coefficient (Wildman–Crippen LogP) is 4.12. The van der Waals surface area contributed by atoms with Gasteiger partial charge in [0.2, 0.25) is 0 Å². The Bertz CT molecular complexity index is 914. The van der Waals surface area contributed by atoms with Crippen molar-refractivity contribution in [3.63, 3.8) is 0 Å². The number of pyridine rings is 1. The number of hydrogen-bond donors (Lipinski definition) is 0. The van der Waals surface area contributed by atoms with E-state index in [1.165, 1.54) is 24.1 Å². The van der Waals surface area contributed by atoms with E-state index >= 15 is 0 Å². The molecule has 1 aliphatic heterocycles. The molecule has 0 N–H and O–H groups in total. The van der Waals surface area contributed by atoms with Gasteiger partial charge in [-0.3, -0.25) is 4.98 Å². The number of nitriles is 1. The molecule has 124 valence electrons. The van der Waals surface area contributed by atoms with Gasteiger partial charge in [0.05, 0.1) is 17.3 Å². The molecule has 4 nitrogen and oxygen atoms in total. The molecule has 0 spiro atoms. The standard InChI is InChI=1S/C21H20N4/c22-14-18-9-10-21(20-8-2-1-7-19(18)20)25-13-4-3-12-24(25)16-17-6-5-11-23-15-17/h1-2,5-11,15H,3-4,12-13,16H2. The predicted molar refractivity (Wildman–Crippen MR) is 99.9 cm³/mol. The van der Waals surface area contributed by atoms with Gasteiger partial charge in [-0.2, -0.15) is 5.26 Å². The van der Waals surface area contributed by atoms with Crippen LogP contribution in [0.25, 0.3) is 10.8 Å². The average Bonchev–Trinajstić information content (AvgIpc) is 2.68. The van der Waals surface area contributed by atoms with Crippen LogP contribution in [0.2, 0.25) is 0 Å². The summed E-state index contributed by atoms with van der Waals surface area (Å²) in [6.45, 7) is 2.88. The van der Waals surface area contributed by atoms with E-state index in [1.807, 2.05) is 42.7 Å². The van der Waals surface area contributed by atoms with Crippen LogP contribution in [-0.4, -0.2) is 23.1 Å². The zero-order chi connectivity index (χ0) is 17.1. The first-order valence-corrected chi connectivity index (χ1v) is 8.70. The topological polar surface area (TPSA) is 43.2 Å². The van der Waals surface area contributed by atoms with E-state index < -0.39 is 0 Å². The Morgan fingerprint density at radius 3 is 2.60 bits per heavy atom. The fraction of sp³-hybridized carbons (Fsp3) is 0.238. The molecular weight excluding hydrogens is 308 g/mol. The molecule has 1 fully saturated rings. The molecule has 0 saturated carbocycles. The van der Waals surface area contributed by atoms with Crippen molar-refractivity contribution >= 4 is 16.5 Å². The smallest absolute Gasteiger partial charge is 0.0998 e. The van der Waals surface area contributed by atoms with Crippen LogP contribution in [0.4, 0.5) is 5.69 Å². The number of nitrogens with zero attached hydrogens (tertiary/aromatic N) is 4. The van der Waals surface area contributed by atoms with Crippen molar-refractivity contribution < 1.29 is 0 Å². The van der Waals surface area contributed by atoms with Crippen molar-refractivity contribution in [2.45, 2.75) is 19.4 Å². The molecule has 0 bridgehead atoms. The lowest BCUT2D eigenvalue weighted by Gasteiger charge is -2.41. The van der Waals surface area contributed by atoms with Crippen LogP contribution in [0.3, 0.4) is 0 Å². The Labute approximate surface area is 147 Å². The second-order valence-corrected chi connectivity index (χ2v) is 6.37. The molecule has 0 unspecified atom stereocenters. The highest BCUT2D eigenvalue weighted by atomic mass is 15.6. The normalized spacial score (nSPS) is 15.2. The first kappa shape index (κ1) is 15.6. The summed E-state index contributed by atoms with van der Waals surface area (Å²) in [5.41, 5.74) is 3.13. The van der Waals surface area contributed by atoms with E-state index in [2.05, 4.69) is 39.3 Å². The van der Waals surface area contributed by atoms with Gasteiger partial charge in [0.1, 0.15) is 0 Å². The highest BCUT2D eigenvalue weighted by molar-refractivity contribution is 5.97. The lowest BCUT2D eigenvalue weighted by atomic mass is 10.0. The fourth-order valence-corrected chi connectivity index (χ4v) is 3.56. The largest absolute Gasteiger partial charge is 0.305 e. The summed E-state index contributed by atoms with van der Waals surface area (Å²) in [6, 6.07) is 18.6. The number of hydrazine groups is 1. The minimum atomic E-state index is 0.732. The van der Waals surface area contributed by atoms with Crippen LogP contribution in [0.1, 0.15) is 24.0 Å². The second-order valence-electron chi connectivity index (χ2n) is 6.37. The van der Waals surface area contributed by atoms with Gasteiger partial charge in [0.25, 0.3) is 0 Å². The highest BCUT2D eigenvalue weighted by Gasteiger charge is 2.22. The average molecular weight is 328 g/mol. The minimum absolute atomic E-state index is 0.732. The third-order valence-electron chi connectivity index (χ3n) is 4.77. The van der Waals surface area contributed by atoms with E-state index in [0.717, 1.165) is 36.0 Å². The molecule has 0 radical (unpaired) electrons. The Morgan fingerprint density at radius 2 is 1.80 bits per heavy atom. The highest BCUT2D eigenvalue weighted by Crippen LogP contribution is 2.32. The van der Waals surface area contributed by atoms with Crippen LogP contribution >= 0.6 is 0 Å². The monoisotopic (exact) mass is 328 g/mol. The van der Waals surface area contributed by atoms with Crippen LogP contribution < -0.4 is 5.01 Å². The maximum atomic E-state index is 9.40. The number of aromatic nitrogens is 1. The molecule has 2 aromatic carbocycles. The summed E-state index contributed by atoms with van der Waals surface area (Å²) in [5.74, 6) is 0. The van der Waals surface area contributed by atoms with Crippen LogP contribution in [0, 0.1) is 11.3 Å². The molecule has 0 amide bonds. The third-order valence-corrected chi connectivity index (χ3v) is 4.77. The Morgan fingerprint density at radius 1 is 0.960 bits per heavy atom. The van der Waals surface area contributed by atoms with E-state index in [4.69, 9.17) is 0 Å². The maximum Gasteiger partial charge on any atom is 0.0998 e. The summed E-state index contributed by atoms with van der Waals surface area (Å²) >= 11 is 0. The number of anilines is 1. The molecule has 0 aliphatic carbocycles.